The van der Waals surface area contributed by atoms with Gasteiger partial charge in [-0.05, 0) is 34.0 Å². The number of hydrogen-bond donors (Lipinski definition) is 1. The zero-order valence-electron chi connectivity index (χ0n) is 11.3. The lowest BCUT2D eigenvalue weighted by molar-refractivity contribution is 0.549. The number of nitrogens with zero attached hydrogens (tertiary/aromatic N) is 1. The number of rotatable bonds is 5. The Bertz CT molecular complexity index is 723. The summed E-state index contributed by atoms with van der Waals surface area (Å²) in [6.07, 6.45) is 1.89. The molecule has 7 heteroatoms. The molecule has 2 aromatic rings. The summed E-state index contributed by atoms with van der Waals surface area (Å²) in [5.74, 6) is 0. The van der Waals surface area contributed by atoms with Crippen molar-refractivity contribution in [1.82, 2.24) is 9.71 Å². The van der Waals surface area contributed by atoms with Gasteiger partial charge in [-0.15, -0.1) is 0 Å². The van der Waals surface area contributed by atoms with Crippen molar-refractivity contribution < 1.29 is 8.42 Å². The lowest BCUT2D eigenvalue weighted by atomic mass is 10.1. The van der Waals surface area contributed by atoms with E-state index in [1.165, 1.54) is 12.3 Å². The Kier molecular flexibility index (Phi) is 5.37. The first kappa shape index (κ1) is 16.4. The third-order valence-corrected chi connectivity index (χ3v) is 5.56. The fraction of sp³-hybridized carbons (Fsp3) is 0.214. The van der Waals surface area contributed by atoms with E-state index in [2.05, 4.69) is 25.6 Å². The molecule has 0 fully saturated rings. The van der Waals surface area contributed by atoms with Crippen LogP contribution in [-0.2, 0) is 10.0 Å². The fourth-order valence-electron chi connectivity index (χ4n) is 1.88. The van der Waals surface area contributed by atoms with Crippen molar-refractivity contribution in [3.8, 4) is 0 Å². The Labute approximate surface area is 137 Å². The minimum Gasteiger partial charge on any atom is -0.242 e. The standard InChI is InChI=1S/C14H14BrClN2O2S/c1-2-13(10-6-4-3-5-7-10)18-21(19,20)11-8-12(15)14(16)17-9-11/h3-9,13,18H,2H2,1H3. The SMILES string of the molecule is CCC(NS(=O)(=O)c1cnc(Cl)c(Br)c1)c1ccccc1. The van der Waals surface area contributed by atoms with Gasteiger partial charge < -0.3 is 0 Å². The zero-order chi connectivity index (χ0) is 15.5. The lowest BCUT2D eigenvalue weighted by Crippen LogP contribution is -2.28. The van der Waals surface area contributed by atoms with Crippen LogP contribution in [0, 0.1) is 0 Å². The van der Waals surface area contributed by atoms with Crippen molar-refractivity contribution in [2.75, 3.05) is 0 Å². The van der Waals surface area contributed by atoms with Crippen molar-refractivity contribution in [2.45, 2.75) is 24.3 Å². The molecule has 1 heterocycles. The number of pyridine rings is 1. The molecule has 0 amide bonds. The van der Waals surface area contributed by atoms with Gasteiger partial charge in [-0.2, -0.15) is 0 Å². The highest BCUT2D eigenvalue weighted by atomic mass is 79.9. The van der Waals surface area contributed by atoms with E-state index >= 15 is 0 Å². The fourth-order valence-corrected chi connectivity index (χ4v) is 3.76. The number of hydrogen-bond acceptors (Lipinski definition) is 3. The number of benzene rings is 1. The molecule has 4 nitrogen and oxygen atoms in total. The quantitative estimate of drug-likeness (QED) is 0.788. The van der Waals surface area contributed by atoms with Crippen molar-refractivity contribution >= 4 is 37.6 Å². The Morgan fingerprint density at radius 2 is 2.00 bits per heavy atom. The summed E-state index contributed by atoms with van der Waals surface area (Å²) in [7, 11) is -3.66. The highest BCUT2D eigenvalue weighted by Gasteiger charge is 2.21. The molecule has 0 radical (unpaired) electrons. The molecule has 1 aromatic carbocycles. The second-order valence-corrected chi connectivity index (χ2v) is 7.36. The van der Waals surface area contributed by atoms with Crippen LogP contribution in [0.15, 0.2) is 52.0 Å². The maximum absolute atomic E-state index is 12.4. The maximum atomic E-state index is 12.4. The van der Waals surface area contributed by atoms with E-state index < -0.39 is 10.0 Å². The molecule has 112 valence electrons. The van der Waals surface area contributed by atoms with Crippen LogP contribution in [0.4, 0.5) is 0 Å². The van der Waals surface area contributed by atoms with Crippen molar-refractivity contribution in [1.29, 1.82) is 0 Å². The third-order valence-electron chi connectivity index (χ3n) is 2.99. The largest absolute Gasteiger partial charge is 0.242 e. The van der Waals surface area contributed by atoms with Crippen LogP contribution in [0.1, 0.15) is 24.9 Å². The normalized spacial score (nSPS) is 13.1. The van der Waals surface area contributed by atoms with Gasteiger partial charge in [0.2, 0.25) is 10.0 Å². The second kappa shape index (κ2) is 6.87. The summed E-state index contributed by atoms with van der Waals surface area (Å²) in [6, 6.07) is 10.6. The Morgan fingerprint density at radius 1 is 1.33 bits per heavy atom. The number of nitrogens with one attached hydrogen (secondary N) is 1. The monoisotopic (exact) mass is 388 g/mol. The van der Waals surface area contributed by atoms with Crippen LogP contribution in [-0.4, -0.2) is 13.4 Å². The summed E-state index contributed by atoms with van der Waals surface area (Å²) in [5, 5.41) is 0.226. The van der Waals surface area contributed by atoms with Gasteiger partial charge in [-0.3, -0.25) is 0 Å². The van der Waals surface area contributed by atoms with Gasteiger partial charge in [0.25, 0.3) is 0 Å². The molecule has 0 spiro atoms. The van der Waals surface area contributed by atoms with Gasteiger partial charge >= 0.3 is 0 Å². The topological polar surface area (TPSA) is 59.1 Å². The average Bonchev–Trinajstić information content (AvgIpc) is 2.48. The van der Waals surface area contributed by atoms with Gasteiger partial charge in [-0.1, -0.05) is 48.9 Å². The molecule has 0 saturated heterocycles. The van der Waals surface area contributed by atoms with Crippen LogP contribution in [0.2, 0.25) is 5.15 Å². The van der Waals surface area contributed by atoms with Crippen molar-refractivity contribution in [3.63, 3.8) is 0 Å². The molecule has 1 N–H and O–H groups in total. The predicted molar refractivity (Wildman–Crippen MR) is 86.7 cm³/mol. The molecular formula is C14H14BrClN2O2S. The number of aromatic nitrogens is 1. The number of halogens is 2. The summed E-state index contributed by atoms with van der Waals surface area (Å²) in [6.45, 7) is 1.93. The van der Waals surface area contributed by atoms with E-state index in [9.17, 15) is 8.42 Å². The molecule has 21 heavy (non-hydrogen) atoms. The first-order valence-corrected chi connectivity index (χ1v) is 8.97. The van der Waals surface area contributed by atoms with Gasteiger partial charge in [-0.25, -0.2) is 18.1 Å². The molecule has 0 aliphatic heterocycles. The highest BCUT2D eigenvalue weighted by molar-refractivity contribution is 9.10. The first-order chi connectivity index (χ1) is 9.94. The predicted octanol–water partition coefficient (Wildman–Crippen LogP) is 3.93. The van der Waals surface area contributed by atoms with E-state index in [0.29, 0.717) is 10.9 Å². The van der Waals surface area contributed by atoms with Crippen LogP contribution in [0.3, 0.4) is 0 Å². The van der Waals surface area contributed by atoms with Crippen LogP contribution >= 0.6 is 27.5 Å². The highest BCUT2D eigenvalue weighted by Crippen LogP contribution is 2.24. The summed E-state index contributed by atoms with van der Waals surface area (Å²) < 4.78 is 28.0. The summed E-state index contributed by atoms with van der Waals surface area (Å²) in [4.78, 5) is 3.93. The molecule has 1 aromatic heterocycles. The first-order valence-electron chi connectivity index (χ1n) is 6.32. The lowest BCUT2D eigenvalue weighted by Gasteiger charge is -2.17. The summed E-state index contributed by atoms with van der Waals surface area (Å²) in [5.41, 5.74) is 0.921. The van der Waals surface area contributed by atoms with Crippen LogP contribution in [0.25, 0.3) is 0 Å². The van der Waals surface area contributed by atoms with Gasteiger partial charge in [0, 0.05) is 12.2 Å². The third kappa shape index (κ3) is 4.03. The van der Waals surface area contributed by atoms with Gasteiger partial charge in [0.1, 0.15) is 10.0 Å². The molecule has 1 unspecified atom stereocenters. The van der Waals surface area contributed by atoms with E-state index in [1.54, 1.807) is 0 Å². The Balaban J connectivity index is 2.29. The molecule has 0 aliphatic rings. The average molecular weight is 390 g/mol. The van der Waals surface area contributed by atoms with E-state index in [-0.39, 0.29) is 16.1 Å². The van der Waals surface area contributed by atoms with Gasteiger partial charge in [0.15, 0.2) is 0 Å². The van der Waals surface area contributed by atoms with E-state index in [0.717, 1.165) is 5.56 Å². The maximum Gasteiger partial charge on any atom is 0.242 e. The van der Waals surface area contributed by atoms with E-state index in [4.69, 9.17) is 11.6 Å². The van der Waals surface area contributed by atoms with Crippen molar-refractivity contribution in [3.05, 3.63) is 57.8 Å². The van der Waals surface area contributed by atoms with Crippen molar-refractivity contribution in [2.24, 2.45) is 0 Å². The van der Waals surface area contributed by atoms with Gasteiger partial charge in [0.05, 0.1) is 4.47 Å². The van der Waals surface area contributed by atoms with Crippen LogP contribution in [0.5, 0.6) is 0 Å². The Morgan fingerprint density at radius 3 is 2.57 bits per heavy atom. The Hall–Kier alpha value is -0.950. The van der Waals surface area contributed by atoms with Crippen LogP contribution < -0.4 is 4.72 Å². The molecular weight excluding hydrogens is 376 g/mol. The molecule has 2 rings (SSSR count). The summed E-state index contributed by atoms with van der Waals surface area (Å²) >= 11 is 8.97. The zero-order valence-corrected chi connectivity index (χ0v) is 14.4. The molecule has 0 aliphatic carbocycles. The molecule has 1 atom stereocenters. The minimum atomic E-state index is -3.66. The molecule has 0 saturated carbocycles. The second-order valence-electron chi connectivity index (χ2n) is 4.44. The smallest absolute Gasteiger partial charge is 0.242 e. The molecule has 0 bridgehead atoms. The number of sulfonamides is 1. The van der Waals surface area contributed by atoms with E-state index in [1.807, 2.05) is 37.3 Å². The minimum absolute atomic E-state index is 0.0770.